The molecule has 24 heavy (non-hydrogen) atoms. The predicted molar refractivity (Wildman–Crippen MR) is 98.1 cm³/mol. The van der Waals surface area contributed by atoms with Crippen LogP contribution in [0.25, 0.3) is 0 Å². The summed E-state index contributed by atoms with van der Waals surface area (Å²) in [6.45, 7) is 0. The topological polar surface area (TPSA) is 59.1 Å². The zero-order valence-corrected chi connectivity index (χ0v) is 14.3. The maximum atomic E-state index is 6.18. The molecule has 0 amide bonds. The van der Waals surface area contributed by atoms with Gasteiger partial charge in [0.05, 0.1) is 22.8 Å². The molecule has 5 nitrogen and oxygen atoms in total. The van der Waals surface area contributed by atoms with E-state index in [1.165, 1.54) is 6.33 Å². The molecule has 7 heteroatoms. The lowest BCUT2D eigenvalue weighted by atomic mass is 10.3. The third kappa shape index (κ3) is 3.88. The van der Waals surface area contributed by atoms with E-state index in [2.05, 4.69) is 20.6 Å². The summed E-state index contributed by atoms with van der Waals surface area (Å²) in [5.74, 6) is 2.00. The zero-order chi connectivity index (χ0) is 16.9. The lowest BCUT2D eigenvalue weighted by molar-refractivity contribution is 0.415. The number of nitrogens with one attached hydrogen (secondary N) is 2. The van der Waals surface area contributed by atoms with Crippen molar-refractivity contribution in [2.75, 3.05) is 17.7 Å². The zero-order valence-electron chi connectivity index (χ0n) is 12.8. The highest BCUT2D eigenvalue weighted by molar-refractivity contribution is 6.43. The fourth-order valence-corrected chi connectivity index (χ4v) is 2.43. The number of hydrogen-bond donors (Lipinski definition) is 2. The Labute approximate surface area is 149 Å². The maximum Gasteiger partial charge on any atom is 0.135 e. The molecule has 0 bridgehead atoms. The molecular formula is C17H14Cl2N4O. The van der Waals surface area contributed by atoms with Crippen molar-refractivity contribution >= 4 is 46.2 Å². The average Bonchev–Trinajstić information content (AvgIpc) is 2.59. The second-order valence-corrected chi connectivity index (χ2v) is 5.66. The van der Waals surface area contributed by atoms with E-state index in [4.69, 9.17) is 27.9 Å². The van der Waals surface area contributed by atoms with Gasteiger partial charge in [0, 0.05) is 17.8 Å². The third-order valence-electron chi connectivity index (χ3n) is 3.22. The van der Waals surface area contributed by atoms with E-state index in [9.17, 15) is 0 Å². The molecule has 3 rings (SSSR count). The van der Waals surface area contributed by atoms with E-state index in [0.717, 1.165) is 11.4 Å². The molecule has 0 saturated heterocycles. The van der Waals surface area contributed by atoms with E-state index in [1.807, 2.05) is 36.4 Å². The van der Waals surface area contributed by atoms with Gasteiger partial charge in [0.2, 0.25) is 0 Å². The van der Waals surface area contributed by atoms with Crippen LogP contribution < -0.4 is 15.4 Å². The van der Waals surface area contributed by atoms with Gasteiger partial charge in [0.15, 0.2) is 0 Å². The van der Waals surface area contributed by atoms with Crippen LogP contribution in [0.5, 0.6) is 5.75 Å². The van der Waals surface area contributed by atoms with Gasteiger partial charge in [-0.25, -0.2) is 9.97 Å². The van der Waals surface area contributed by atoms with Crippen molar-refractivity contribution in [1.29, 1.82) is 0 Å². The Balaban J connectivity index is 1.80. The van der Waals surface area contributed by atoms with Crippen molar-refractivity contribution in [2.45, 2.75) is 0 Å². The van der Waals surface area contributed by atoms with Crippen LogP contribution in [0.4, 0.5) is 23.0 Å². The fraction of sp³-hybridized carbons (Fsp3) is 0.0588. The monoisotopic (exact) mass is 360 g/mol. The smallest absolute Gasteiger partial charge is 0.135 e. The largest absolute Gasteiger partial charge is 0.497 e. The van der Waals surface area contributed by atoms with Crippen LogP contribution >= 0.6 is 23.2 Å². The molecule has 0 aliphatic carbocycles. The molecule has 0 unspecified atom stereocenters. The number of hydrogen-bond acceptors (Lipinski definition) is 5. The van der Waals surface area contributed by atoms with Gasteiger partial charge >= 0.3 is 0 Å². The third-order valence-corrected chi connectivity index (χ3v) is 4.04. The van der Waals surface area contributed by atoms with Gasteiger partial charge in [0.1, 0.15) is 23.7 Å². The standard InChI is InChI=1S/C17H14Cl2N4O/c1-24-12-5-2-4-11(8-12)22-15-9-16(21-10-20-15)23-14-7-3-6-13(18)17(14)19/h2-10H,1H3,(H2,20,21,22,23). The number of ether oxygens (including phenoxy) is 1. The number of methoxy groups -OCH3 is 1. The van der Waals surface area contributed by atoms with Crippen LogP contribution in [0.1, 0.15) is 0 Å². The Hall–Kier alpha value is -2.50. The molecule has 1 aromatic heterocycles. The quantitative estimate of drug-likeness (QED) is 0.648. The summed E-state index contributed by atoms with van der Waals surface area (Å²) in [5.41, 5.74) is 1.54. The first-order chi connectivity index (χ1) is 11.7. The fourth-order valence-electron chi connectivity index (χ4n) is 2.08. The summed E-state index contributed by atoms with van der Waals surface area (Å²) in [4.78, 5) is 8.40. The summed E-state index contributed by atoms with van der Waals surface area (Å²) in [6, 6.07) is 14.7. The van der Waals surface area contributed by atoms with Gasteiger partial charge in [0.25, 0.3) is 0 Å². The van der Waals surface area contributed by atoms with Crippen LogP contribution in [0, 0.1) is 0 Å². The van der Waals surface area contributed by atoms with Gasteiger partial charge in [-0.2, -0.15) is 0 Å². The molecule has 1 heterocycles. The number of nitrogens with zero attached hydrogens (tertiary/aromatic N) is 2. The molecule has 0 saturated carbocycles. The molecule has 0 spiro atoms. The van der Waals surface area contributed by atoms with Crippen LogP contribution in [-0.2, 0) is 0 Å². The van der Waals surface area contributed by atoms with Gasteiger partial charge in [-0.15, -0.1) is 0 Å². The Morgan fingerprint density at radius 2 is 1.67 bits per heavy atom. The van der Waals surface area contributed by atoms with Crippen LogP contribution in [0.15, 0.2) is 54.9 Å². The molecule has 0 aliphatic rings. The second-order valence-electron chi connectivity index (χ2n) is 4.87. The lowest BCUT2D eigenvalue weighted by Gasteiger charge is -2.11. The second kappa shape index (κ2) is 7.38. The van der Waals surface area contributed by atoms with Gasteiger partial charge in [-0.1, -0.05) is 35.3 Å². The predicted octanol–water partition coefficient (Wildman–Crippen LogP) is 5.28. The molecule has 0 aliphatic heterocycles. The molecule has 2 N–H and O–H groups in total. The van der Waals surface area contributed by atoms with Crippen molar-refractivity contribution in [3.8, 4) is 5.75 Å². The minimum atomic E-state index is 0.445. The van der Waals surface area contributed by atoms with Crippen molar-refractivity contribution in [1.82, 2.24) is 9.97 Å². The SMILES string of the molecule is COc1cccc(Nc2cc(Nc3cccc(Cl)c3Cl)ncn2)c1. The Morgan fingerprint density at radius 3 is 2.46 bits per heavy atom. The summed E-state index contributed by atoms with van der Waals surface area (Å²) in [5, 5.41) is 7.25. The summed E-state index contributed by atoms with van der Waals surface area (Å²) in [7, 11) is 1.63. The van der Waals surface area contributed by atoms with Crippen LogP contribution in [-0.4, -0.2) is 17.1 Å². The van der Waals surface area contributed by atoms with Gasteiger partial charge < -0.3 is 15.4 Å². The molecule has 3 aromatic rings. The average molecular weight is 361 g/mol. The van der Waals surface area contributed by atoms with E-state index < -0.39 is 0 Å². The summed E-state index contributed by atoms with van der Waals surface area (Å²) in [6.07, 6.45) is 1.46. The number of aromatic nitrogens is 2. The van der Waals surface area contributed by atoms with Crippen molar-refractivity contribution in [3.63, 3.8) is 0 Å². The lowest BCUT2D eigenvalue weighted by Crippen LogP contribution is -1.99. The highest BCUT2D eigenvalue weighted by Gasteiger charge is 2.06. The number of anilines is 4. The molecule has 122 valence electrons. The van der Waals surface area contributed by atoms with E-state index in [1.54, 1.807) is 19.2 Å². The first-order valence-electron chi connectivity index (χ1n) is 7.10. The first kappa shape index (κ1) is 16.4. The Bertz CT molecular complexity index is 857. The Morgan fingerprint density at radius 1 is 0.917 bits per heavy atom. The minimum Gasteiger partial charge on any atom is -0.497 e. The minimum absolute atomic E-state index is 0.445. The number of rotatable bonds is 5. The van der Waals surface area contributed by atoms with Crippen molar-refractivity contribution in [3.05, 3.63) is 64.9 Å². The molecule has 0 atom stereocenters. The highest BCUT2D eigenvalue weighted by atomic mass is 35.5. The van der Waals surface area contributed by atoms with E-state index in [-0.39, 0.29) is 0 Å². The summed E-state index contributed by atoms with van der Waals surface area (Å²) >= 11 is 12.2. The Kier molecular flexibility index (Phi) is 5.03. The number of benzene rings is 2. The van der Waals surface area contributed by atoms with Gasteiger partial charge in [-0.05, 0) is 24.3 Å². The van der Waals surface area contributed by atoms with Crippen molar-refractivity contribution in [2.24, 2.45) is 0 Å². The molecule has 2 aromatic carbocycles. The number of halogens is 2. The first-order valence-corrected chi connectivity index (χ1v) is 7.85. The molecule has 0 fully saturated rings. The normalized spacial score (nSPS) is 10.3. The van der Waals surface area contributed by atoms with Crippen LogP contribution in [0.2, 0.25) is 10.0 Å². The molecular weight excluding hydrogens is 347 g/mol. The van der Waals surface area contributed by atoms with Gasteiger partial charge in [-0.3, -0.25) is 0 Å². The summed E-state index contributed by atoms with van der Waals surface area (Å²) < 4.78 is 5.21. The molecule has 0 radical (unpaired) electrons. The van der Waals surface area contributed by atoms with E-state index in [0.29, 0.717) is 27.4 Å². The van der Waals surface area contributed by atoms with E-state index >= 15 is 0 Å². The highest BCUT2D eigenvalue weighted by Crippen LogP contribution is 2.31. The van der Waals surface area contributed by atoms with Crippen LogP contribution in [0.3, 0.4) is 0 Å². The van der Waals surface area contributed by atoms with Crippen molar-refractivity contribution < 1.29 is 4.74 Å². The maximum absolute atomic E-state index is 6.18.